The Labute approximate surface area is 123 Å². The normalized spacial score (nSPS) is 15.5. The first-order chi connectivity index (χ1) is 9.61. The minimum absolute atomic E-state index is 0.0722. The second-order valence-corrected chi connectivity index (χ2v) is 6.32. The first-order valence-corrected chi connectivity index (χ1v) is 7.61. The van der Waals surface area contributed by atoms with Crippen molar-refractivity contribution in [2.75, 3.05) is 13.7 Å². The zero-order chi connectivity index (χ0) is 14.5. The second kappa shape index (κ2) is 6.79. The fourth-order valence-electron chi connectivity index (χ4n) is 1.82. The van der Waals surface area contributed by atoms with Gasteiger partial charge in [0, 0.05) is 11.4 Å². The third kappa shape index (κ3) is 4.00. The molecule has 0 bridgehead atoms. The van der Waals surface area contributed by atoms with Crippen LogP contribution in [0.1, 0.15) is 30.1 Å². The van der Waals surface area contributed by atoms with Crippen molar-refractivity contribution in [3.63, 3.8) is 0 Å². The van der Waals surface area contributed by atoms with E-state index in [-0.39, 0.29) is 17.1 Å². The predicted molar refractivity (Wildman–Crippen MR) is 78.8 cm³/mol. The molecule has 1 fully saturated rings. The van der Waals surface area contributed by atoms with Crippen molar-refractivity contribution in [3.8, 4) is 0 Å². The Morgan fingerprint density at radius 1 is 1.40 bits per heavy atom. The van der Waals surface area contributed by atoms with E-state index in [4.69, 9.17) is 4.74 Å². The van der Waals surface area contributed by atoms with Gasteiger partial charge in [-0.15, -0.1) is 11.8 Å². The zero-order valence-electron chi connectivity index (χ0n) is 11.7. The third-order valence-corrected chi connectivity index (χ3v) is 4.37. The van der Waals surface area contributed by atoms with Gasteiger partial charge in [-0.05, 0) is 37.8 Å². The SMILES string of the molecule is COC(=O)[C@@H](C)Sc1ccccc1C(=O)NCC1CC1. The molecule has 1 atom stereocenters. The van der Waals surface area contributed by atoms with Gasteiger partial charge in [-0.25, -0.2) is 0 Å². The van der Waals surface area contributed by atoms with Crippen LogP contribution >= 0.6 is 11.8 Å². The Bertz CT molecular complexity index is 500. The number of nitrogens with one attached hydrogen (secondary N) is 1. The van der Waals surface area contributed by atoms with Crippen LogP contribution in [0.3, 0.4) is 0 Å². The van der Waals surface area contributed by atoms with E-state index < -0.39 is 0 Å². The summed E-state index contributed by atoms with van der Waals surface area (Å²) in [6, 6.07) is 7.34. The summed E-state index contributed by atoms with van der Waals surface area (Å²) in [4.78, 5) is 24.5. The summed E-state index contributed by atoms with van der Waals surface area (Å²) in [5.41, 5.74) is 0.619. The average molecular weight is 293 g/mol. The Kier molecular flexibility index (Phi) is 5.06. The molecule has 1 aromatic rings. The lowest BCUT2D eigenvalue weighted by Gasteiger charge is -2.12. The molecule has 20 heavy (non-hydrogen) atoms. The van der Waals surface area contributed by atoms with Crippen LogP contribution in [0.15, 0.2) is 29.2 Å². The number of hydrogen-bond donors (Lipinski definition) is 1. The molecular formula is C15H19NO3S. The van der Waals surface area contributed by atoms with Crippen molar-refractivity contribution in [1.29, 1.82) is 0 Å². The van der Waals surface area contributed by atoms with Crippen molar-refractivity contribution in [2.45, 2.75) is 29.9 Å². The number of benzene rings is 1. The number of carbonyl (C=O) groups is 2. The van der Waals surface area contributed by atoms with Gasteiger partial charge in [0.05, 0.1) is 12.7 Å². The summed E-state index contributed by atoms with van der Waals surface area (Å²) < 4.78 is 4.71. The monoisotopic (exact) mass is 293 g/mol. The van der Waals surface area contributed by atoms with Gasteiger partial charge in [-0.3, -0.25) is 9.59 Å². The Morgan fingerprint density at radius 3 is 2.75 bits per heavy atom. The van der Waals surface area contributed by atoms with E-state index in [1.807, 2.05) is 18.2 Å². The van der Waals surface area contributed by atoms with Crippen LogP contribution in [0, 0.1) is 5.92 Å². The summed E-state index contributed by atoms with van der Waals surface area (Å²) in [6.45, 7) is 2.51. The van der Waals surface area contributed by atoms with Crippen molar-refractivity contribution in [2.24, 2.45) is 5.92 Å². The summed E-state index contributed by atoms with van der Waals surface area (Å²) in [5, 5.41) is 2.61. The van der Waals surface area contributed by atoms with E-state index in [0.717, 1.165) is 11.4 Å². The molecule has 1 aromatic carbocycles. The van der Waals surface area contributed by atoms with E-state index in [9.17, 15) is 9.59 Å². The van der Waals surface area contributed by atoms with Gasteiger partial charge in [-0.1, -0.05) is 12.1 Å². The van der Waals surface area contributed by atoms with Crippen molar-refractivity contribution in [1.82, 2.24) is 5.32 Å². The molecule has 0 aromatic heterocycles. The van der Waals surface area contributed by atoms with Crippen LogP contribution < -0.4 is 5.32 Å². The van der Waals surface area contributed by atoms with Gasteiger partial charge in [0.15, 0.2) is 0 Å². The maximum Gasteiger partial charge on any atom is 0.318 e. The molecule has 1 N–H and O–H groups in total. The summed E-state index contributed by atoms with van der Waals surface area (Å²) in [5.74, 6) is 0.285. The maximum absolute atomic E-state index is 12.2. The first kappa shape index (κ1) is 14.9. The Morgan fingerprint density at radius 2 is 2.10 bits per heavy atom. The average Bonchev–Trinajstić information content (AvgIpc) is 3.28. The van der Waals surface area contributed by atoms with Crippen LogP contribution in [0.25, 0.3) is 0 Å². The molecule has 1 amide bonds. The number of ether oxygens (including phenoxy) is 1. The molecule has 1 aliphatic carbocycles. The van der Waals surface area contributed by atoms with Gasteiger partial charge in [0.2, 0.25) is 0 Å². The van der Waals surface area contributed by atoms with E-state index in [1.54, 1.807) is 13.0 Å². The van der Waals surface area contributed by atoms with Crippen molar-refractivity contribution in [3.05, 3.63) is 29.8 Å². The smallest absolute Gasteiger partial charge is 0.318 e. The number of thioether (sulfide) groups is 1. The molecule has 0 heterocycles. The van der Waals surface area contributed by atoms with E-state index >= 15 is 0 Å². The maximum atomic E-state index is 12.2. The zero-order valence-corrected chi connectivity index (χ0v) is 12.5. The molecule has 0 unspecified atom stereocenters. The predicted octanol–water partition coefficient (Wildman–Crippen LogP) is 2.48. The second-order valence-electron chi connectivity index (χ2n) is 4.93. The molecule has 2 rings (SSSR count). The highest BCUT2D eigenvalue weighted by Crippen LogP contribution is 2.29. The molecule has 1 aliphatic rings. The van der Waals surface area contributed by atoms with Gasteiger partial charge in [0.1, 0.15) is 5.25 Å². The van der Waals surface area contributed by atoms with Crippen molar-refractivity contribution < 1.29 is 14.3 Å². The van der Waals surface area contributed by atoms with Crippen LogP contribution in [0.2, 0.25) is 0 Å². The molecule has 0 spiro atoms. The summed E-state index contributed by atoms with van der Waals surface area (Å²) in [7, 11) is 1.37. The number of hydrogen-bond acceptors (Lipinski definition) is 4. The summed E-state index contributed by atoms with van der Waals surface area (Å²) >= 11 is 1.35. The van der Waals surface area contributed by atoms with E-state index in [1.165, 1.54) is 31.7 Å². The molecule has 108 valence electrons. The van der Waals surface area contributed by atoms with Gasteiger partial charge < -0.3 is 10.1 Å². The standard InChI is InChI=1S/C15H19NO3S/c1-10(15(18)19-2)20-13-6-4-3-5-12(13)14(17)16-9-11-7-8-11/h3-6,10-11H,7-9H2,1-2H3,(H,16,17)/t10-/m1/s1. The lowest BCUT2D eigenvalue weighted by atomic mass is 10.2. The minimum atomic E-state index is -0.336. The third-order valence-electron chi connectivity index (χ3n) is 3.22. The topological polar surface area (TPSA) is 55.4 Å². The quantitative estimate of drug-likeness (QED) is 0.646. The molecule has 0 radical (unpaired) electrons. The molecule has 0 saturated heterocycles. The Hall–Kier alpha value is -1.49. The van der Waals surface area contributed by atoms with Gasteiger partial charge >= 0.3 is 5.97 Å². The molecule has 5 heteroatoms. The fraction of sp³-hybridized carbons (Fsp3) is 0.467. The largest absolute Gasteiger partial charge is 0.468 e. The van der Waals surface area contributed by atoms with Gasteiger partial charge in [0.25, 0.3) is 5.91 Å². The van der Waals surface area contributed by atoms with Crippen LogP contribution in [0.5, 0.6) is 0 Å². The van der Waals surface area contributed by atoms with Crippen LogP contribution in [0.4, 0.5) is 0 Å². The number of amides is 1. The highest BCUT2D eigenvalue weighted by atomic mass is 32.2. The fourth-order valence-corrected chi connectivity index (χ4v) is 2.83. The highest BCUT2D eigenvalue weighted by molar-refractivity contribution is 8.00. The Balaban J connectivity index is 2.04. The first-order valence-electron chi connectivity index (χ1n) is 6.73. The number of esters is 1. The lowest BCUT2D eigenvalue weighted by molar-refractivity contribution is -0.139. The van der Waals surface area contributed by atoms with Crippen molar-refractivity contribution >= 4 is 23.6 Å². The van der Waals surface area contributed by atoms with E-state index in [0.29, 0.717) is 11.5 Å². The minimum Gasteiger partial charge on any atom is -0.468 e. The lowest BCUT2D eigenvalue weighted by Crippen LogP contribution is -2.26. The number of rotatable bonds is 6. The molecule has 4 nitrogen and oxygen atoms in total. The molecule has 0 aliphatic heterocycles. The number of methoxy groups -OCH3 is 1. The van der Waals surface area contributed by atoms with E-state index in [2.05, 4.69) is 5.32 Å². The summed E-state index contributed by atoms with van der Waals surface area (Å²) in [6.07, 6.45) is 2.41. The van der Waals surface area contributed by atoms with Crippen LogP contribution in [-0.2, 0) is 9.53 Å². The highest BCUT2D eigenvalue weighted by Gasteiger charge is 2.23. The molecular weight excluding hydrogens is 274 g/mol. The molecule has 1 saturated carbocycles. The van der Waals surface area contributed by atoms with Crippen LogP contribution in [-0.4, -0.2) is 30.8 Å². The van der Waals surface area contributed by atoms with Gasteiger partial charge in [-0.2, -0.15) is 0 Å². The number of carbonyl (C=O) groups excluding carboxylic acids is 2.